The molecule has 1 atom stereocenters. The number of benzene rings is 3. The molecule has 0 saturated heterocycles. The molecule has 3 aromatic carbocycles. The van der Waals surface area contributed by atoms with Crippen LogP contribution in [0.4, 0.5) is 14.5 Å². The van der Waals surface area contributed by atoms with Gasteiger partial charge in [-0.1, -0.05) is 35.9 Å². The molecule has 0 radical (unpaired) electrons. The number of nitrogens with one attached hydrogen (secondary N) is 2. The van der Waals surface area contributed by atoms with Crippen LogP contribution in [0.1, 0.15) is 22.7 Å². The van der Waals surface area contributed by atoms with Crippen LogP contribution >= 0.6 is 0 Å². The van der Waals surface area contributed by atoms with Gasteiger partial charge in [0.25, 0.3) is 0 Å². The highest BCUT2D eigenvalue weighted by molar-refractivity contribution is 7.89. The van der Waals surface area contributed by atoms with Crippen LogP contribution in [0.2, 0.25) is 0 Å². The zero-order valence-electron chi connectivity index (χ0n) is 21.2. The molecular weight excluding hydrogens is 516 g/mol. The van der Waals surface area contributed by atoms with Crippen LogP contribution in [0.15, 0.2) is 71.6 Å². The number of hydrogen-bond donors (Lipinski definition) is 2. The molecule has 0 saturated carbocycles. The first-order chi connectivity index (χ1) is 18.0. The van der Waals surface area contributed by atoms with Crippen molar-refractivity contribution in [3.63, 3.8) is 0 Å². The molecule has 2 N–H and O–H groups in total. The van der Waals surface area contributed by atoms with E-state index >= 15 is 4.39 Å². The van der Waals surface area contributed by atoms with Gasteiger partial charge in [-0.25, -0.2) is 21.9 Å². The number of rotatable bonds is 11. The first kappa shape index (κ1) is 28.9. The highest BCUT2D eigenvalue weighted by Gasteiger charge is 2.35. The van der Waals surface area contributed by atoms with Gasteiger partial charge >= 0.3 is 0 Å². The third-order valence-electron chi connectivity index (χ3n) is 5.73. The van der Waals surface area contributed by atoms with E-state index in [0.717, 1.165) is 34.7 Å². The summed E-state index contributed by atoms with van der Waals surface area (Å²) in [7, 11) is -2.74. The second-order valence-electron chi connectivity index (χ2n) is 8.54. The minimum absolute atomic E-state index is 0.0721. The number of aryl methyl sites for hydroxylation is 2. The number of carbonyl (C=O) groups is 2. The highest BCUT2D eigenvalue weighted by atomic mass is 32.2. The van der Waals surface area contributed by atoms with E-state index in [9.17, 15) is 22.4 Å². The van der Waals surface area contributed by atoms with Gasteiger partial charge in [0.15, 0.2) is 0 Å². The van der Waals surface area contributed by atoms with Crippen LogP contribution in [0.3, 0.4) is 0 Å². The number of nitrogens with zero attached hydrogens (tertiary/aromatic N) is 1. The largest absolute Gasteiger partial charge is 0.383 e. The summed E-state index contributed by atoms with van der Waals surface area (Å²) >= 11 is 0. The Balaban J connectivity index is 2.05. The first-order valence-electron chi connectivity index (χ1n) is 11.7. The Labute approximate surface area is 220 Å². The lowest BCUT2D eigenvalue weighted by molar-refractivity contribution is -0.126. The van der Waals surface area contributed by atoms with Gasteiger partial charge < -0.3 is 10.1 Å². The van der Waals surface area contributed by atoms with E-state index in [1.54, 1.807) is 25.1 Å². The monoisotopic (exact) mass is 545 g/mol. The molecule has 38 heavy (non-hydrogen) atoms. The van der Waals surface area contributed by atoms with Crippen molar-refractivity contribution in [2.24, 2.45) is 0 Å². The van der Waals surface area contributed by atoms with E-state index in [1.807, 2.05) is 6.92 Å². The van der Waals surface area contributed by atoms with Crippen molar-refractivity contribution < 1.29 is 31.5 Å². The first-order valence-corrected chi connectivity index (χ1v) is 13.2. The number of ether oxygens (including phenoxy) is 1. The van der Waals surface area contributed by atoms with E-state index in [2.05, 4.69) is 10.0 Å². The molecule has 202 valence electrons. The van der Waals surface area contributed by atoms with E-state index in [0.29, 0.717) is 11.3 Å². The van der Waals surface area contributed by atoms with Gasteiger partial charge in [0.2, 0.25) is 21.8 Å². The fourth-order valence-corrected chi connectivity index (χ4v) is 4.87. The molecule has 3 rings (SSSR count). The van der Waals surface area contributed by atoms with E-state index in [1.165, 1.54) is 31.4 Å². The van der Waals surface area contributed by atoms with Crippen LogP contribution in [-0.4, -0.2) is 47.0 Å². The number of carbonyl (C=O) groups excluding carboxylic acids is 2. The summed E-state index contributed by atoms with van der Waals surface area (Å²) < 4.78 is 61.0. The van der Waals surface area contributed by atoms with Crippen LogP contribution in [0.5, 0.6) is 0 Å². The quantitative estimate of drug-likeness (QED) is 0.360. The summed E-state index contributed by atoms with van der Waals surface area (Å²) in [6, 6.07) is 13.3. The van der Waals surface area contributed by atoms with E-state index in [-0.39, 0.29) is 23.6 Å². The van der Waals surface area contributed by atoms with Crippen LogP contribution in [0, 0.1) is 25.5 Å². The van der Waals surface area contributed by atoms with Crippen LogP contribution < -0.4 is 14.9 Å². The molecule has 8 nitrogen and oxygen atoms in total. The highest BCUT2D eigenvalue weighted by Crippen LogP contribution is 2.32. The molecule has 0 bridgehead atoms. The Morgan fingerprint density at radius 1 is 1.00 bits per heavy atom. The fourth-order valence-electron chi connectivity index (χ4n) is 3.90. The lowest BCUT2D eigenvalue weighted by atomic mass is 10.0. The predicted molar refractivity (Wildman–Crippen MR) is 139 cm³/mol. The van der Waals surface area contributed by atoms with Gasteiger partial charge in [-0.2, -0.15) is 0 Å². The van der Waals surface area contributed by atoms with Crippen molar-refractivity contribution in [1.29, 1.82) is 0 Å². The van der Waals surface area contributed by atoms with Crippen molar-refractivity contribution >= 4 is 27.5 Å². The van der Waals surface area contributed by atoms with Crippen LogP contribution in [0.25, 0.3) is 0 Å². The molecule has 0 heterocycles. The second-order valence-corrected chi connectivity index (χ2v) is 10.3. The molecule has 0 aromatic heterocycles. The Kier molecular flexibility index (Phi) is 9.67. The number of halogens is 2. The molecule has 2 amide bonds. The number of amides is 2. The Morgan fingerprint density at radius 3 is 2.32 bits per heavy atom. The molecule has 0 aliphatic rings. The molecular formula is C27H29F2N3O5S. The number of anilines is 1. The minimum atomic E-state index is -4.20. The Bertz CT molecular complexity index is 1400. The minimum Gasteiger partial charge on any atom is -0.383 e. The van der Waals surface area contributed by atoms with Crippen molar-refractivity contribution in [2.45, 2.75) is 24.8 Å². The number of methoxy groups -OCH3 is 1. The average molecular weight is 546 g/mol. The molecule has 11 heteroatoms. The summed E-state index contributed by atoms with van der Waals surface area (Å²) in [5, 5.41) is 2.65. The zero-order chi connectivity index (χ0) is 27.9. The number of hydrogen-bond acceptors (Lipinski definition) is 5. The van der Waals surface area contributed by atoms with Crippen molar-refractivity contribution in [2.75, 3.05) is 31.7 Å². The van der Waals surface area contributed by atoms with E-state index in [4.69, 9.17) is 4.74 Å². The van der Waals surface area contributed by atoms with Gasteiger partial charge in [-0.05, 0) is 55.8 Å². The second kappa shape index (κ2) is 12.7. The van der Waals surface area contributed by atoms with E-state index < -0.39 is 46.1 Å². The molecule has 3 aromatic rings. The molecule has 0 spiro atoms. The zero-order valence-corrected chi connectivity index (χ0v) is 22.0. The Morgan fingerprint density at radius 2 is 1.68 bits per heavy atom. The van der Waals surface area contributed by atoms with Crippen molar-refractivity contribution in [3.8, 4) is 0 Å². The topological polar surface area (TPSA) is 105 Å². The van der Waals surface area contributed by atoms with Gasteiger partial charge in [0.05, 0.1) is 18.0 Å². The predicted octanol–water partition coefficient (Wildman–Crippen LogP) is 3.40. The summed E-state index contributed by atoms with van der Waals surface area (Å²) in [6.45, 7) is 3.12. The summed E-state index contributed by atoms with van der Waals surface area (Å²) in [4.78, 5) is 27.9. The standard InChI is InChI=1S/C27H29F2N3O5S/c1-18-8-13-24(19(2)16-18)32(25(33)17-31-38(35,36)21-11-9-20(28)10-12-21)26(27(34)30-14-15-37-3)22-6-4-5-7-23(22)29/h4-13,16,26,31H,14-15,17H2,1-3H3,(H,30,34)/t26-/m1/s1. The average Bonchev–Trinajstić information content (AvgIpc) is 2.87. The Hall–Kier alpha value is -3.67. The van der Waals surface area contributed by atoms with Gasteiger partial charge in [-0.3, -0.25) is 14.5 Å². The fraction of sp³-hybridized carbons (Fsp3) is 0.259. The third kappa shape index (κ3) is 7.00. The number of sulfonamides is 1. The maximum absolute atomic E-state index is 15.0. The molecule has 0 fully saturated rings. The maximum atomic E-state index is 15.0. The summed E-state index contributed by atoms with van der Waals surface area (Å²) in [5.41, 5.74) is 1.74. The third-order valence-corrected chi connectivity index (χ3v) is 7.15. The summed E-state index contributed by atoms with van der Waals surface area (Å²) in [6.07, 6.45) is 0. The van der Waals surface area contributed by atoms with Crippen molar-refractivity contribution in [1.82, 2.24) is 10.0 Å². The molecule has 0 aliphatic heterocycles. The lowest BCUT2D eigenvalue weighted by Gasteiger charge is -2.33. The van der Waals surface area contributed by atoms with Crippen LogP contribution in [-0.2, 0) is 24.3 Å². The lowest BCUT2D eigenvalue weighted by Crippen LogP contribution is -2.48. The van der Waals surface area contributed by atoms with Gasteiger partial charge in [-0.15, -0.1) is 0 Å². The maximum Gasteiger partial charge on any atom is 0.248 e. The summed E-state index contributed by atoms with van der Waals surface area (Å²) in [5.74, 6) is -2.82. The smallest absolute Gasteiger partial charge is 0.248 e. The molecule has 0 unspecified atom stereocenters. The SMILES string of the molecule is COCCNC(=O)[C@@H](c1ccccc1F)N(C(=O)CNS(=O)(=O)c1ccc(F)cc1)c1ccc(C)cc1C. The molecule has 0 aliphatic carbocycles. The van der Waals surface area contributed by atoms with Crippen molar-refractivity contribution in [3.05, 3.63) is 95.1 Å². The normalized spacial score (nSPS) is 12.1. The van der Waals surface area contributed by atoms with Gasteiger partial charge in [0.1, 0.15) is 17.7 Å². The van der Waals surface area contributed by atoms with Gasteiger partial charge in [0, 0.05) is 24.9 Å².